The summed E-state index contributed by atoms with van der Waals surface area (Å²) < 4.78 is 1.89. The number of halogens is 1. The van der Waals surface area contributed by atoms with Crippen molar-refractivity contribution in [1.29, 1.82) is 0 Å². The van der Waals surface area contributed by atoms with Crippen molar-refractivity contribution in [2.45, 2.75) is 33.4 Å². The summed E-state index contributed by atoms with van der Waals surface area (Å²) in [5.41, 5.74) is 10.3. The molecule has 0 spiro atoms. The molecule has 32 heavy (non-hydrogen) atoms. The first-order chi connectivity index (χ1) is 15.2. The first-order valence-electron chi connectivity index (χ1n) is 10.2. The summed E-state index contributed by atoms with van der Waals surface area (Å²) >= 11 is 6.27. The number of primary amides is 1. The first kappa shape index (κ1) is 23.1. The Kier molecular flexibility index (Phi) is 7.33. The highest BCUT2D eigenvalue weighted by molar-refractivity contribution is 6.31. The summed E-state index contributed by atoms with van der Waals surface area (Å²) in [5, 5.41) is 10.7. The largest absolute Gasteiger partial charge is 0.351 e. The molecule has 1 atom stereocenters. The van der Waals surface area contributed by atoms with E-state index < -0.39 is 6.03 Å². The molecule has 0 aliphatic heterocycles. The van der Waals surface area contributed by atoms with Crippen LogP contribution < -0.4 is 16.4 Å². The van der Waals surface area contributed by atoms with Gasteiger partial charge in [-0.05, 0) is 56.2 Å². The van der Waals surface area contributed by atoms with E-state index in [0.717, 1.165) is 28.1 Å². The molecular weight excluding hydrogens is 426 g/mol. The second-order valence-corrected chi connectivity index (χ2v) is 7.92. The molecule has 0 saturated heterocycles. The van der Waals surface area contributed by atoms with Crippen LogP contribution in [0.15, 0.2) is 54.6 Å². The van der Waals surface area contributed by atoms with Gasteiger partial charge in [0.15, 0.2) is 0 Å². The van der Waals surface area contributed by atoms with Crippen molar-refractivity contribution in [2.24, 2.45) is 5.73 Å². The molecule has 0 aliphatic carbocycles. The standard InChI is InChI=1S/C24H26ClN5O2/c1-15(18-8-10-20(11-9-18)28-24(26)32)27-23(31)13-12-21-16(2)29-30(17(21)3)14-19-6-4-5-7-22(19)25/h4-13,15H,14H2,1-3H3,(H,27,31)(H3,26,28,32). The van der Waals surface area contributed by atoms with Crippen LogP contribution in [0.5, 0.6) is 0 Å². The minimum absolute atomic E-state index is 0.208. The van der Waals surface area contributed by atoms with Crippen molar-refractivity contribution in [3.8, 4) is 0 Å². The fourth-order valence-electron chi connectivity index (χ4n) is 3.40. The zero-order valence-electron chi connectivity index (χ0n) is 18.2. The van der Waals surface area contributed by atoms with Crippen LogP contribution in [0.25, 0.3) is 6.08 Å². The Labute approximate surface area is 192 Å². The SMILES string of the molecule is Cc1nn(Cc2ccccc2Cl)c(C)c1C=CC(=O)NC(C)c1ccc(NC(N)=O)cc1. The van der Waals surface area contributed by atoms with Gasteiger partial charge in [0.25, 0.3) is 0 Å². The number of hydrogen-bond donors (Lipinski definition) is 3. The number of aromatic nitrogens is 2. The number of amides is 3. The molecule has 3 amide bonds. The van der Waals surface area contributed by atoms with Gasteiger partial charge in [-0.25, -0.2) is 4.79 Å². The number of aryl methyl sites for hydroxylation is 1. The highest BCUT2D eigenvalue weighted by Gasteiger charge is 2.12. The van der Waals surface area contributed by atoms with E-state index in [-0.39, 0.29) is 11.9 Å². The normalized spacial score (nSPS) is 12.0. The lowest BCUT2D eigenvalue weighted by Crippen LogP contribution is -2.24. The third-order valence-electron chi connectivity index (χ3n) is 5.15. The Bertz CT molecular complexity index is 1150. The van der Waals surface area contributed by atoms with E-state index >= 15 is 0 Å². The Morgan fingerprint density at radius 3 is 2.50 bits per heavy atom. The van der Waals surface area contributed by atoms with Gasteiger partial charge in [0, 0.05) is 28.0 Å². The molecule has 0 aliphatic rings. The van der Waals surface area contributed by atoms with Crippen LogP contribution in [0.4, 0.5) is 10.5 Å². The highest BCUT2D eigenvalue weighted by Crippen LogP contribution is 2.21. The van der Waals surface area contributed by atoms with Crippen molar-refractivity contribution >= 4 is 35.3 Å². The number of hydrogen-bond acceptors (Lipinski definition) is 3. The van der Waals surface area contributed by atoms with E-state index in [1.165, 1.54) is 6.08 Å². The number of carbonyl (C=O) groups is 2. The number of rotatable bonds is 7. The third kappa shape index (κ3) is 5.76. The number of benzene rings is 2. The lowest BCUT2D eigenvalue weighted by molar-refractivity contribution is -0.117. The monoisotopic (exact) mass is 451 g/mol. The van der Waals surface area contributed by atoms with Crippen molar-refractivity contribution in [2.75, 3.05) is 5.32 Å². The number of carbonyl (C=O) groups excluding carboxylic acids is 2. The van der Waals surface area contributed by atoms with Crippen LogP contribution in [-0.2, 0) is 11.3 Å². The van der Waals surface area contributed by atoms with Gasteiger partial charge in [-0.15, -0.1) is 0 Å². The molecule has 8 heteroatoms. The van der Waals surface area contributed by atoms with E-state index in [9.17, 15) is 9.59 Å². The molecular formula is C24H26ClN5O2. The first-order valence-corrected chi connectivity index (χ1v) is 10.5. The fourth-order valence-corrected chi connectivity index (χ4v) is 3.59. The predicted molar refractivity (Wildman–Crippen MR) is 127 cm³/mol. The number of nitrogens with zero attached hydrogens (tertiary/aromatic N) is 2. The van der Waals surface area contributed by atoms with Crippen molar-refractivity contribution < 1.29 is 9.59 Å². The van der Waals surface area contributed by atoms with E-state index in [2.05, 4.69) is 15.7 Å². The lowest BCUT2D eigenvalue weighted by Gasteiger charge is -2.13. The Morgan fingerprint density at radius 1 is 1.16 bits per heavy atom. The van der Waals surface area contributed by atoms with E-state index in [0.29, 0.717) is 17.3 Å². The maximum Gasteiger partial charge on any atom is 0.316 e. The van der Waals surface area contributed by atoms with Gasteiger partial charge in [0.05, 0.1) is 18.3 Å². The van der Waals surface area contributed by atoms with Crippen molar-refractivity contribution in [3.63, 3.8) is 0 Å². The van der Waals surface area contributed by atoms with Crippen LogP contribution in [0.1, 0.15) is 41.0 Å². The van der Waals surface area contributed by atoms with Gasteiger partial charge in [-0.3, -0.25) is 9.48 Å². The average Bonchev–Trinajstić information content (AvgIpc) is 3.00. The number of nitrogens with two attached hydrogens (primary N) is 1. The van der Waals surface area contributed by atoms with Gasteiger partial charge >= 0.3 is 6.03 Å². The van der Waals surface area contributed by atoms with E-state index in [1.54, 1.807) is 18.2 Å². The van der Waals surface area contributed by atoms with Crippen LogP contribution >= 0.6 is 11.6 Å². The third-order valence-corrected chi connectivity index (χ3v) is 5.52. The topological polar surface area (TPSA) is 102 Å². The molecule has 0 bridgehead atoms. The molecule has 1 unspecified atom stereocenters. The molecule has 0 radical (unpaired) electrons. The van der Waals surface area contributed by atoms with Gasteiger partial charge in [-0.2, -0.15) is 5.10 Å². The Morgan fingerprint density at radius 2 is 1.84 bits per heavy atom. The van der Waals surface area contributed by atoms with Crippen LogP contribution in [-0.4, -0.2) is 21.7 Å². The van der Waals surface area contributed by atoms with E-state index in [1.807, 2.05) is 61.9 Å². The summed E-state index contributed by atoms with van der Waals surface area (Å²) in [6.45, 7) is 6.33. The van der Waals surface area contributed by atoms with Gasteiger partial charge < -0.3 is 16.4 Å². The summed E-state index contributed by atoms with van der Waals surface area (Å²) in [5.74, 6) is -0.213. The summed E-state index contributed by atoms with van der Waals surface area (Å²) in [4.78, 5) is 23.4. The lowest BCUT2D eigenvalue weighted by atomic mass is 10.1. The molecule has 0 saturated carbocycles. The van der Waals surface area contributed by atoms with Crippen LogP contribution in [0.3, 0.4) is 0 Å². The summed E-state index contributed by atoms with van der Waals surface area (Å²) in [6.07, 6.45) is 3.29. The summed E-state index contributed by atoms with van der Waals surface area (Å²) in [7, 11) is 0. The molecule has 0 fully saturated rings. The number of nitrogens with one attached hydrogen (secondary N) is 2. The zero-order chi connectivity index (χ0) is 23.3. The maximum absolute atomic E-state index is 12.5. The Hall–Kier alpha value is -3.58. The molecule has 1 aromatic heterocycles. The molecule has 166 valence electrons. The molecule has 2 aromatic carbocycles. The Balaban J connectivity index is 1.65. The fraction of sp³-hybridized carbons (Fsp3) is 0.208. The minimum Gasteiger partial charge on any atom is -0.351 e. The van der Waals surface area contributed by atoms with E-state index in [4.69, 9.17) is 17.3 Å². The smallest absolute Gasteiger partial charge is 0.316 e. The number of urea groups is 1. The molecule has 1 heterocycles. The number of anilines is 1. The van der Waals surface area contributed by atoms with Crippen molar-refractivity contribution in [3.05, 3.63) is 87.7 Å². The highest BCUT2D eigenvalue weighted by atomic mass is 35.5. The van der Waals surface area contributed by atoms with Gasteiger partial charge in [0.1, 0.15) is 0 Å². The van der Waals surface area contributed by atoms with Gasteiger partial charge in [-0.1, -0.05) is 41.9 Å². The van der Waals surface area contributed by atoms with Gasteiger partial charge in [0.2, 0.25) is 5.91 Å². The molecule has 3 aromatic rings. The molecule has 4 N–H and O–H groups in total. The predicted octanol–water partition coefficient (Wildman–Crippen LogP) is 4.58. The second-order valence-electron chi connectivity index (χ2n) is 7.51. The molecule has 7 nitrogen and oxygen atoms in total. The maximum atomic E-state index is 12.5. The van der Waals surface area contributed by atoms with Crippen LogP contribution in [0.2, 0.25) is 5.02 Å². The zero-order valence-corrected chi connectivity index (χ0v) is 19.0. The quantitative estimate of drug-likeness (QED) is 0.458. The second kappa shape index (κ2) is 10.2. The van der Waals surface area contributed by atoms with Crippen LogP contribution in [0, 0.1) is 13.8 Å². The van der Waals surface area contributed by atoms with Crippen molar-refractivity contribution in [1.82, 2.24) is 15.1 Å². The average molecular weight is 452 g/mol. The molecule has 3 rings (SSSR count). The summed E-state index contributed by atoms with van der Waals surface area (Å²) in [6, 6.07) is 14.0. The minimum atomic E-state index is -0.620.